The molecule has 1 aliphatic rings. The molecule has 0 saturated carbocycles. The molecular weight excluding hydrogens is 472 g/mol. The number of fused-ring (bicyclic) bond motifs is 1. The van der Waals surface area contributed by atoms with Crippen LogP contribution in [0, 0.1) is 0 Å². The number of nitrogens with zero attached hydrogens (tertiary/aromatic N) is 3. The Morgan fingerprint density at radius 3 is 2.51 bits per heavy atom. The summed E-state index contributed by atoms with van der Waals surface area (Å²) in [6.45, 7) is 6.97. The van der Waals surface area contributed by atoms with Crippen LogP contribution in [-0.2, 0) is 19.6 Å². The largest absolute Gasteiger partial charge is 0.493 e. The standard InChI is InChI=1S/C24H28N4O6S/c1-16(29)34-20-14-17(10-11-19(20)33-5)15-25-28(13-12-22(30)26-24(2,3)4)23-18-8-6-7-9-21(18)35(31,32)27-23/h6-11,14-15H,12-13H2,1-5H3,(H,26,30)/b25-15+. The summed E-state index contributed by atoms with van der Waals surface area (Å²) in [4.78, 5) is 23.9. The first-order valence-corrected chi connectivity index (χ1v) is 12.3. The molecule has 0 saturated heterocycles. The van der Waals surface area contributed by atoms with Crippen LogP contribution < -0.4 is 14.8 Å². The lowest BCUT2D eigenvalue weighted by Crippen LogP contribution is -2.42. The van der Waals surface area contributed by atoms with E-state index in [1.165, 1.54) is 31.3 Å². The van der Waals surface area contributed by atoms with Crippen molar-refractivity contribution < 1.29 is 27.5 Å². The van der Waals surface area contributed by atoms with Gasteiger partial charge in [0, 0.05) is 24.4 Å². The molecule has 2 aromatic rings. The first kappa shape index (κ1) is 25.9. The van der Waals surface area contributed by atoms with E-state index in [4.69, 9.17) is 9.47 Å². The molecule has 1 aliphatic heterocycles. The van der Waals surface area contributed by atoms with Crippen LogP contribution in [0.3, 0.4) is 0 Å². The number of carbonyl (C=O) groups is 2. The van der Waals surface area contributed by atoms with Crippen LogP contribution >= 0.6 is 0 Å². The fourth-order valence-electron chi connectivity index (χ4n) is 3.33. The summed E-state index contributed by atoms with van der Waals surface area (Å²) in [6, 6.07) is 11.3. The molecule has 1 amide bonds. The van der Waals surface area contributed by atoms with Crippen molar-refractivity contribution in [3.63, 3.8) is 0 Å². The Hall–Kier alpha value is -3.73. The highest BCUT2D eigenvalue weighted by Crippen LogP contribution is 2.29. The molecule has 0 aliphatic carbocycles. The Kier molecular flexibility index (Phi) is 7.59. The van der Waals surface area contributed by atoms with E-state index in [0.717, 1.165) is 0 Å². The van der Waals surface area contributed by atoms with Crippen molar-refractivity contribution in [2.45, 2.75) is 44.6 Å². The summed E-state index contributed by atoms with van der Waals surface area (Å²) in [5.41, 5.74) is 0.541. The predicted octanol–water partition coefficient (Wildman–Crippen LogP) is 2.71. The zero-order chi connectivity index (χ0) is 25.8. The van der Waals surface area contributed by atoms with Crippen molar-refractivity contribution in [1.29, 1.82) is 0 Å². The quantitative estimate of drug-likeness (QED) is 0.268. The van der Waals surface area contributed by atoms with Gasteiger partial charge in [-0.05, 0) is 56.7 Å². The number of amides is 1. The van der Waals surface area contributed by atoms with Gasteiger partial charge in [0.05, 0.1) is 19.9 Å². The minimum absolute atomic E-state index is 0.0527. The van der Waals surface area contributed by atoms with Crippen LogP contribution in [0.4, 0.5) is 0 Å². The van der Waals surface area contributed by atoms with E-state index in [9.17, 15) is 18.0 Å². The van der Waals surface area contributed by atoms with Crippen LogP contribution in [-0.4, -0.2) is 56.5 Å². The fourth-order valence-corrected chi connectivity index (χ4v) is 4.53. The van der Waals surface area contributed by atoms with Gasteiger partial charge in [-0.3, -0.25) is 9.59 Å². The van der Waals surface area contributed by atoms with Crippen LogP contribution in [0.15, 0.2) is 56.9 Å². The molecule has 35 heavy (non-hydrogen) atoms. The molecule has 1 heterocycles. The maximum atomic E-state index is 12.6. The Labute approximate surface area is 204 Å². The molecule has 0 unspecified atom stereocenters. The van der Waals surface area contributed by atoms with Crippen LogP contribution in [0.5, 0.6) is 11.5 Å². The Bertz CT molecular complexity index is 1300. The van der Waals surface area contributed by atoms with E-state index in [-0.39, 0.29) is 35.4 Å². The maximum absolute atomic E-state index is 12.6. The molecule has 0 fully saturated rings. The molecule has 0 bridgehead atoms. The van der Waals surface area contributed by atoms with Gasteiger partial charge in [-0.2, -0.15) is 13.5 Å². The third-order valence-corrected chi connectivity index (χ3v) is 6.03. The number of amidine groups is 1. The zero-order valence-electron chi connectivity index (χ0n) is 20.2. The average Bonchev–Trinajstić information content (AvgIpc) is 3.03. The van der Waals surface area contributed by atoms with Crippen molar-refractivity contribution >= 4 is 33.9 Å². The summed E-state index contributed by atoms with van der Waals surface area (Å²) in [7, 11) is -2.43. The predicted molar refractivity (Wildman–Crippen MR) is 131 cm³/mol. The molecule has 0 atom stereocenters. The molecule has 0 radical (unpaired) electrons. The molecule has 1 N–H and O–H groups in total. The van der Waals surface area contributed by atoms with Gasteiger partial charge in [-0.15, -0.1) is 4.40 Å². The zero-order valence-corrected chi connectivity index (χ0v) is 21.0. The second kappa shape index (κ2) is 10.3. The highest BCUT2D eigenvalue weighted by molar-refractivity contribution is 7.90. The molecule has 10 nitrogen and oxygen atoms in total. The number of esters is 1. The average molecular weight is 501 g/mol. The molecule has 0 aromatic heterocycles. The number of carbonyl (C=O) groups excluding carboxylic acids is 2. The van der Waals surface area contributed by atoms with Gasteiger partial charge in [0.2, 0.25) is 5.91 Å². The van der Waals surface area contributed by atoms with Gasteiger partial charge in [0.15, 0.2) is 17.3 Å². The number of benzene rings is 2. The van der Waals surface area contributed by atoms with Gasteiger partial charge < -0.3 is 14.8 Å². The van der Waals surface area contributed by atoms with Crippen molar-refractivity contribution in [2.75, 3.05) is 13.7 Å². The lowest BCUT2D eigenvalue weighted by molar-refractivity contribution is -0.132. The first-order valence-electron chi connectivity index (χ1n) is 10.8. The van der Waals surface area contributed by atoms with Crippen molar-refractivity contribution in [2.24, 2.45) is 9.50 Å². The maximum Gasteiger partial charge on any atom is 0.308 e. The second-order valence-corrected chi connectivity index (χ2v) is 10.4. The third-order valence-electron chi connectivity index (χ3n) is 4.71. The smallest absolute Gasteiger partial charge is 0.308 e. The lowest BCUT2D eigenvalue weighted by Gasteiger charge is -2.22. The van der Waals surface area contributed by atoms with Crippen LogP contribution in [0.1, 0.15) is 45.2 Å². The van der Waals surface area contributed by atoms with E-state index in [0.29, 0.717) is 16.9 Å². The molecule has 3 rings (SSSR count). The van der Waals surface area contributed by atoms with Gasteiger partial charge in [-0.25, -0.2) is 5.01 Å². The van der Waals surface area contributed by atoms with Gasteiger partial charge in [0.25, 0.3) is 10.0 Å². The number of methoxy groups -OCH3 is 1. The number of hydrazone groups is 1. The number of sulfonamides is 1. The minimum atomic E-state index is -3.88. The number of hydrogen-bond donors (Lipinski definition) is 1. The second-order valence-electron chi connectivity index (χ2n) is 8.81. The molecule has 2 aromatic carbocycles. The summed E-state index contributed by atoms with van der Waals surface area (Å²) < 4.78 is 39.5. The number of ether oxygens (including phenoxy) is 2. The summed E-state index contributed by atoms with van der Waals surface area (Å²) in [5.74, 6) is -0.0198. The fraction of sp³-hybridized carbons (Fsp3) is 0.333. The Morgan fingerprint density at radius 2 is 1.86 bits per heavy atom. The minimum Gasteiger partial charge on any atom is -0.493 e. The third kappa shape index (κ3) is 6.66. The van der Waals surface area contributed by atoms with E-state index in [1.54, 1.807) is 36.4 Å². The Morgan fingerprint density at radius 1 is 1.14 bits per heavy atom. The topological polar surface area (TPSA) is 127 Å². The number of hydrogen-bond acceptors (Lipinski definition) is 8. The number of nitrogens with one attached hydrogen (secondary N) is 1. The number of rotatable bonds is 7. The molecule has 0 spiro atoms. The molecular formula is C24H28N4O6S. The van der Waals surface area contributed by atoms with Gasteiger partial charge >= 0.3 is 5.97 Å². The van der Waals surface area contributed by atoms with E-state index in [1.807, 2.05) is 20.8 Å². The summed E-state index contributed by atoms with van der Waals surface area (Å²) >= 11 is 0. The SMILES string of the molecule is COc1ccc(/C=N/N(CCC(=O)NC(C)(C)C)C2=NS(=O)(=O)c3ccccc32)cc1OC(C)=O. The van der Waals surface area contributed by atoms with Crippen molar-refractivity contribution in [1.82, 2.24) is 10.3 Å². The normalized spacial score (nSPS) is 14.3. The monoisotopic (exact) mass is 500 g/mol. The van der Waals surface area contributed by atoms with Gasteiger partial charge in [0.1, 0.15) is 4.90 Å². The molecule has 11 heteroatoms. The van der Waals surface area contributed by atoms with Crippen LogP contribution in [0.25, 0.3) is 0 Å². The van der Waals surface area contributed by atoms with E-state index in [2.05, 4.69) is 14.8 Å². The van der Waals surface area contributed by atoms with Crippen molar-refractivity contribution in [3.8, 4) is 11.5 Å². The van der Waals surface area contributed by atoms with Crippen molar-refractivity contribution in [3.05, 3.63) is 53.6 Å². The van der Waals surface area contributed by atoms with E-state index < -0.39 is 21.5 Å². The molecule has 186 valence electrons. The van der Waals surface area contributed by atoms with Crippen LogP contribution in [0.2, 0.25) is 0 Å². The van der Waals surface area contributed by atoms with Gasteiger partial charge in [-0.1, -0.05) is 12.1 Å². The summed E-state index contributed by atoms with van der Waals surface area (Å²) in [5, 5.41) is 8.69. The lowest BCUT2D eigenvalue weighted by atomic mass is 10.1. The van der Waals surface area contributed by atoms with E-state index >= 15 is 0 Å². The first-order chi connectivity index (χ1) is 16.4. The highest BCUT2D eigenvalue weighted by atomic mass is 32.2. The Balaban J connectivity index is 1.95. The highest BCUT2D eigenvalue weighted by Gasteiger charge is 2.32. The summed E-state index contributed by atoms with van der Waals surface area (Å²) in [6.07, 6.45) is 1.52.